The van der Waals surface area contributed by atoms with E-state index in [2.05, 4.69) is 25.7 Å². The molecular formula is C26H39NO5. The van der Waals surface area contributed by atoms with Gasteiger partial charge in [0.15, 0.2) is 0 Å². The second kappa shape index (κ2) is 8.18. The van der Waals surface area contributed by atoms with Crippen molar-refractivity contribution in [1.82, 2.24) is 5.32 Å². The molecule has 6 nitrogen and oxygen atoms in total. The summed E-state index contributed by atoms with van der Waals surface area (Å²) in [5.74, 6) is 0.256. The van der Waals surface area contributed by atoms with Crippen LogP contribution in [0.5, 0.6) is 0 Å². The molecular weight excluding hydrogens is 406 g/mol. The normalized spacial score (nSPS) is 45.2. The number of hydrogen-bond acceptors (Lipinski definition) is 5. The summed E-state index contributed by atoms with van der Waals surface area (Å²) in [5, 5.41) is 3.08. The Kier molecular flexibility index (Phi) is 5.96. The second-order valence-corrected chi connectivity index (χ2v) is 11.3. The van der Waals surface area contributed by atoms with Crippen LogP contribution in [-0.4, -0.2) is 36.1 Å². The van der Waals surface area contributed by atoms with Gasteiger partial charge in [0.1, 0.15) is 12.2 Å². The van der Waals surface area contributed by atoms with E-state index in [0.29, 0.717) is 11.8 Å². The van der Waals surface area contributed by atoms with Crippen molar-refractivity contribution in [2.75, 3.05) is 0 Å². The molecule has 1 amide bonds. The zero-order chi connectivity index (χ0) is 23.4. The van der Waals surface area contributed by atoms with E-state index in [1.54, 1.807) is 6.92 Å². The van der Waals surface area contributed by atoms with Crippen molar-refractivity contribution in [3.63, 3.8) is 0 Å². The molecule has 32 heavy (non-hydrogen) atoms. The molecule has 4 fully saturated rings. The molecule has 6 heteroatoms. The molecule has 0 spiro atoms. The lowest BCUT2D eigenvalue weighted by molar-refractivity contribution is -0.233. The number of nitrogens with one attached hydrogen (secondary N) is 1. The molecule has 0 aliphatic heterocycles. The molecule has 0 bridgehead atoms. The van der Waals surface area contributed by atoms with Crippen LogP contribution in [0, 0.1) is 34.5 Å². The van der Waals surface area contributed by atoms with Gasteiger partial charge in [0.05, 0.1) is 0 Å². The molecule has 4 rings (SSSR count). The lowest BCUT2D eigenvalue weighted by Crippen LogP contribution is -2.66. The van der Waals surface area contributed by atoms with Crippen LogP contribution in [0.15, 0.2) is 12.2 Å². The van der Waals surface area contributed by atoms with Gasteiger partial charge in [-0.2, -0.15) is 0 Å². The van der Waals surface area contributed by atoms with Crippen molar-refractivity contribution in [3.8, 4) is 0 Å². The Morgan fingerprint density at radius 1 is 0.906 bits per heavy atom. The zero-order valence-electron chi connectivity index (χ0n) is 20.2. The molecule has 4 saturated carbocycles. The first-order valence-corrected chi connectivity index (χ1v) is 12.3. The number of amides is 1. The van der Waals surface area contributed by atoms with Crippen LogP contribution >= 0.6 is 0 Å². The predicted octanol–water partition coefficient (Wildman–Crippen LogP) is 4.17. The monoisotopic (exact) mass is 445 g/mol. The number of ether oxygens (including phenoxy) is 2. The number of fused-ring (bicyclic) bond motifs is 5. The number of allylic oxidation sites excluding steroid dienone is 1. The van der Waals surface area contributed by atoms with Crippen molar-refractivity contribution >= 4 is 17.8 Å². The van der Waals surface area contributed by atoms with Gasteiger partial charge in [-0.05, 0) is 67.6 Å². The molecule has 178 valence electrons. The summed E-state index contributed by atoms with van der Waals surface area (Å²) >= 11 is 0. The standard InChI is InChI=1S/C26H39NO5/c1-14-7-8-19-22-20(10-12-25(14,19)5)26(6)11-9-18(27-15(2)28)13-21(26)23(31-16(3)29)24(22)32-17(4)30/h18-24H,1,7-13H2,2-6H3,(H,27,28)/t18-,19-,20-,21+,22-,23+,24+,25+,26+/m0/s1. The SMILES string of the molecule is C=C1CC[C@H]2[C@@H]3[C@@H](OC(C)=O)[C@H](OC(C)=O)[C@H]4C[C@@H](NC(C)=O)CC[C@]4(C)[C@H]3CC[C@]12C. The van der Waals surface area contributed by atoms with Crippen LogP contribution in [0.4, 0.5) is 0 Å². The van der Waals surface area contributed by atoms with Crippen LogP contribution in [0.3, 0.4) is 0 Å². The fourth-order valence-electron chi connectivity index (χ4n) is 8.21. The molecule has 0 heterocycles. The van der Waals surface area contributed by atoms with Crippen molar-refractivity contribution in [1.29, 1.82) is 0 Å². The summed E-state index contributed by atoms with van der Waals surface area (Å²) in [5.41, 5.74) is 1.34. The predicted molar refractivity (Wildman–Crippen MR) is 120 cm³/mol. The minimum Gasteiger partial charge on any atom is -0.458 e. The molecule has 0 unspecified atom stereocenters. The minimum absolute atomic E-state index is 0.0261. The Morgan fingerprint density at radius 3 is 2.19 bits per heavy atom. The van der Waals surface area contributed by atoms with Gasteiger partial charge in [0, 0.05) is 38.6 Å². The third kappa shape index (κ3) is 3.67. The Labute approximate surface area is 191 Å². The van der Waals surface area contributed by atoms with Gasteiger partial charge < -0.3 is 14.8 Å². The fourth-order valence-corrected chi connectivity index (χ4v) is 8.21. The molecule has 9 atom stereocenters. The molecule has 0 saturated heterocycles. The van der Waals surface area contributed by atoms with Crippen molar-refractivity contribution < 1.29 is 23.9 Å². The molecule has 0 aromatic rings. The zero-order valence-corrected chi connectivity index (χ0v) is 20.2. The Morgan fingerprint density at radius 2 is 1.56 bits per heavy atom. The van der Waals surface area contributed by atoms with Crippen molar-refractivity contribution in [2.45, 2.75) is 97.8 Å². The van der Waals surface area contributed by atoms with Crippen molar-refractivity contribution in [2.24, 2.45) is 34.5 Å². The van der Waals surface area contributed by atoms with Gasteiger partial charge >= 0.3 is 11.9 Å². The minimum atomic E-state index is -0.490. The third-order valence-electron chi connectivity index (χ3n) is 9.66. The van der Waals surface area contributed by atoms with Gasteiger partial charge in [-0.25, -0.2) is 0 Å². The van der Waals surface area contributed by atoms with E-state index < -0.39 is 12.2 Å². The largest absolute Gasteiger partial charge is 0.458 e. The van der Waals surface area contributed by atoms with Gasteiger partial charge in [-0.3, -0.25) is 14.4 Å². The summed E-state index contributed by atoms with van der Waals surface area (Å²) in [6.07, 6.45) is 5.94. The Bertz CT molecular complexity index is 823. The van der Waals surface area contributed by atoms with E-state index in [1.165, 1.54) is 19.4 Å². The highest BCUT2D eigenvalue weighted by atomic mass is 16.6. The van der Waals surface area contributed by atoms with E-state index >= 15 is 0 Å². The summed E-state index contributed by atoms with van der Waals surface area (Å²) in [6, 6.07) is 0.0540. The molecule has 4 aliphatic rings. The molecule has 4 aliphatic carbocycles. The van der Waals surface area contributed by atoms with E-state index in [1.807, 2.05) is 0 Å². The van der Waals surface area contributed by atoms with Gasteiger partial charge in [0.25, 0.3) is 0 Å². The van der Waals surface area contributed by atoms with E-state index in [9.17, 15) is 14.4 Å². The van der Waals surface area contributed by atoms with Gasteiger partial charge in [-0.15, -0.1) is 0 Å². The maximum absolute atomic E-state index is 12.3. The van der Waals surface area contributed by atoms with E-state index in [-0.39, 0.29) is 46.6 Å². The average Bonchev–Trinajstić information content (AvgIpc) is 2.99. The first-order chi connectivity index (χ1) is 15.0. The highest BCUT2D eigenvalue weighted by molar-refractivity contribution is 5.73. The van der Waals surface area contributed by atoms with E-state index in [4.69, 9.17) is 9.47 Å². The second-order valence-electron chi connectivity index (χ2n) is 11.3. The Balaban J connectivity index is 1.78. The van der Waals surface area contributed by atoms with E-state index in [0.717, 1.165) is 44.9 Å². The lowest BCUT2D eigenvalue weighted by atomic mass is 9.43. The maximum atomic E-state index is 12.3. The summed E-state index contributed by atoms with van der Waals surface area (Å²) < 4.78 is 12.0. The van der Waals surface area contributed by atoms with Crippen LogP contribution in [0.25, 0.3) is 0 Å². The van der Waals surface area contributed by atoms with Crippen LogP contribution in [0.1, 0.15) is 79.6 Å². The van der Waals surface area contributed by atoms with Crippen LogP contribution < -0.4 is 5.32 Å². The number of carbonyl (C=O) groups excluding carboxylic acids is 3. The number of hydrogen-bond donors (Lipinski definition) is 1. The van der Waals surface area contributed by atoms with Crippen molar-refractivity contribution in [3.05, 3.63) is 12.2 Å². The number of carbonyl (C=O) groups is 3. The molecule has 0 radical (unpaired) electrons. The summed E-state index contributed by atoms with van der Waals surface area (Å²) in [4.78, 5) is 36.3. The highest BCUT2D eigenvalue weighted by Crippen LogP contribution is 2.67. The number of rotatable bonds is 3. The third-order valence-corrected chi connectivity index (χ3v) is 9.66. The highest BCUT2D eigenvalue weighted by Gasteiger charge is 2.66. The summed E-state index contributed by atoms with van der Waals surface area (Å²) in [7, 11) is 0. The quantitative estimate of drug-likeness (QED) is 0.521. The Hall–Kier alpha value is -1.85. The summed E-state index contributed by atoms with van der Waals surface area (Å²) in [6.45, 7) is 13.5. The first-order valence-electron chi connectivity index (χ1n) is 12.3. The van der Waals surface area contributed by atoms with Gasteiger partial charge in [0.2, 0.25) is 5.91 Å². The maximum Gasteiger partial charge on any atom is 0.303 e. The average molecular weight is 446 g/mol. The number of esters is 2. The lowest BCUT2D eigenvalue weighted by Gasteiger charge is -2.64. The van der Waals surface area contributed by atoms with Crippen LogP contribution in [0.2, 0.25) is 0 Å². The smallest absolute Gasteiger partial charge is 0.303 e. The molecule has 0 aromatic carbocycles. The first kappa shape index (κ1) is 23.3. The topological polar surface area (TPSA) is 81.7 Å². The van der Waals surface area contributed by atoms with Crippen LogP contribution in [-0.2, 0) is 23.9 Å². The molecule has 1 N–H and O–H groups in total. The fraction of sp³-hybridized carbons (Fsp3) is 0.808. The molecule has 0 aromatic heterocycles. The van der Waals surface area contributed by atoms with Gasteiger partial charge in [-0.1, -0.05) is 26.0 Å².